The number of amides is 1. The molecule has 0 saturated carbocycles. The molecule has 31 heavy (non-hydrogen) atoms. The first-order valence-electron chi connectivity index (χ1n) is 9.38. The van der Waals surface area contributed by atoms with Gasteiger partial charge in [0.1, 0.15) is 22.0 Å². The Balaban J connectivity index is 1.78. The second-order valence-corrected chi connectivity index (χ2v) is 7.83. The van der Waals surface area contributed by atoms with Crippen LogP contribution >= 0.6 is 11.8 Å². The van der Waals surface area contributed by atoms with Gasteiger partial charge < -0.3 is 4.74 Å². The zero-order valence-corrected chi connectivity index (χ0v) is 17.2. The summed E-state index contributed by atoms with van der Waals surface area (Å²) in [5, 5.41) is 5.48. The quantitative estimate of drug-likeness (QED) is 0.488. The fraction of sp³-hybridized carbons (Fsp3) is 0.130. The van der Waals surface area contributed by atoms with E-state index >= 15 is 0 Å². The molecule has 0 fully saturated rings. The molecule has 1 amide bonds. The monoisotopic (exact) mass is 442 g/mol. The van der Waals surface area contributed by atoms with Crippen LogP contribution in [0.4, 0.5) is 13.2 Å². The molecule has 1 unspecified atom stereocenters. The molecule has 0 saturated heterocycles. The highest BCUT2D eigenvalue weighted by Gasteiger charge is 2.37. The van der Waals surface area contributed by atoms with E-state index in [0.717, 1.165) is 5.56 Å². The predicted octanol–water partition coefficient (Wildman–Crippen LogP) is 5.99. The lowest BCUT2D eigenvalue weighted by atomic mass is 10.1. The molecular formula is C23H17F3N2O2S. The van der Waals surface area contributed by atoms with Crippen molar-refractivity contribution in [3.8, 4) is 5.75 Å². The second kappa shape index (κ2) is 8.85. The van der Waals surface area contributed by atoms with Gasteiger partial charge in [0.15, 0.2) is 0 Å². The average molecular weight is 442 g/mol. The topological polar surface area (TPSA) is 41.9 Å². The lowest BCUT2D eigenvalue weighted by Crippen LogP contribution is -2.27. The minimum atomic E-state index is -3.01. The maximum absolute atomic E-state index is 13.4. The van der Waals surface area contributed by atoms with E-state index in [2.05, 4.69) is 9.84 Å². The van der Waals surface area contributed by atoms with Gasteiger partial charge in [0.2, 0.25) is 0 Å². The van der Waals surface area contributed by atoms with Crippen LogP contribution in [0.1, 0.15) is 32.4 Å². The van der Waals surface area contributed by atoms with Crippen LogP contribution in [0.15, 0.2) is 77.9 Å². The van der Waals surface area contributed by atoms with Crippen LogP contribution in [0.25, 0.3) is 0 Å². The van der Waals surface area contributed by atoms with Crippen molar-refractivity contribution < 1.29 is 22.7 Å². The fourth-order valence-corrected chi connectivity index (χ4v) is 4.40. The number of alkyl halides is 2. The van der Waals surface area contributed by atoms with E-state index in [0.29, 0.717) is 21.7 Å². The summed E-state index contributed by atoms with van der Waals surface area (Å²) < 4.78 is 44.0. The highest BCUT2D eigenvalue weighted by Crippen LogP contribution is 2.45. The van der Waals surface area contributed by atoms with Crippen LogP contribution in [-0.4, -0.2) is 22.6 Å². The van der Waals surface area contributed by atoms with Crippen molar-refractivity contribution in [2.75, 3.05) is 0 Å². The normalized spacial score (nSPS) is 15.8. The Morgan fingerprint density at radius 1 is 1.03 bits per heavy atom. The number of benzene rings is 3. The third-order valence-electron chi connectivity index (χ3n) is 4.72. The van der Waals surface area contributed by atoms with E-state index in [-0.39, 0.29) is 11.7 Å². The predicted molar refractivity (Wildman–Crippen MR) is 114 cm³/mol. The molecule has 3 aromatic rings. The van der Waals surface area contributed by atoms with Gasteiger partial charge in [-0.2, -0.15) is 13.9 Å². The Bertz CT molecular complexity index is 1140. The molecule has 0 radical (unpaired) electrons. The van der Waals surface area contributed by atoms with Crippen LogP contribution in [0.3, 0.4) is 0 Å². The van der Waals surface area contributed by atoms with E-state index in [9.17, 15) is 18.0 Å². The summed E-state index contributed by atoms with van der Waals surface area (Å²) in [7, 11) is 0. The number of hydrogen-bond donors (Lipinski definition) is 0. The molecule has 0 aliphatic carbocycles. The van der Waals surface area contributed by atoms with Gasteiger partial charge in [-0.3, -0.25) is 4.79 Å². The van der Waals surface area contributed by atoms with E-state index in [1.165, 1.54) is 35.0 Å². The molecule has 0 bridgehead atoms. The van der Waals surface area contributed by atoms with Crippen molar-refractivity contribution in [2.45, 2.75) is 18.9 Å². The summed E-state index contributed by atoms with van der Waals surface area (Å²) >= 11 is 1.21. The Kier molecular flexibility index (Phi) is 5.99. The SMILES string of the molecule is Cc1ccccc1C(=O)N1N=C(c2ccc(F)cc2)SC1c1ccccc1OC(F)F. The number of ether oxygens (including phenoxy) is 1. The van der Waals surface area contributed by atoms with Crippen LogP contribution in [0.5, 0.6) is 5.75 Å². The molecule has 4 rings (SSSR count). The first kappa shape index (κ1) is 21.0. The molecule has 1 aliphatic rings. The van der Waals surface area contributed by atoms with Crippen molar-refractivity contribution in [3.05, 3.63) is 101 Å². The van der Waals surface area contributed by atoms with Crippen LogP contribution in [-0.2, 0) is 0 Å². The Morgan fingerprint density at radius 3 is 2.42 bits per heavy atom. The van der Waals surface area contributed by atoms with Crippen molar-refractivity contribution in [3.63, 3.8) is 0 Å². The number of carbonyl (C=O) groups excluding carboxylic acids is 1. The highest BCUT2D eigenvalue weighted by molar-refractivity contribution is 8.14. The molecule has 8 heteroatoms. The molecule has 158 valence electrons. The maximum Gasteiger partial charge on any atom is 0.387 e. The van der Waals surface area contributed by atoms with Gasteiger partial charge >= 0.3 is 6.61 Å². The number of para-hydroxylation sites is 1. The minimum Gasteiger partial charge on any atom is -0.434 e. The Morgan fingerprint density at radius 2 is 1.71 bits per heavy atom. The lowest BCUT2D eigenvalue weighted by Gasteiger charge is -2.23. The summed E-state index contributed by atoms with van der Waals surface area (Å²) in [6.45, 7) is -1.20. The van der Waals surface area contributed by atoms with Gasteiger partial charge in [-0.15, -0.1) is 0 Å². The van der Waals surface area contributed by atoms with Crippen molar-refractivity contribution in [2.24, 2.45) is 5.10 Å². The van der Waals surface area contributed by atoms with E-state index in [4.69, 9.17) is 0 Å². The first-order valence-corrected chi connectivity index (χ1v) is 10.3. The van der Waals surface area contributed by atoms with Gasteiger partial charge in [-0.25, -0.2) is 9.40 Å². The number of hydrazone groups is 1. The van der Waals surface area contributed by atoms with Gasteiger partial charge in [-0.1, -0.05) is 48.2 Å². The zero-order chi connectivity index (χ0) is 22.0. The summed E-state index contributed by atoms with van der Waals surface area (Å²) in [6.07, 6.45) is 0. The molecule has 1 heterocycles. The molecule has 0 aromatic heterocycles. The number of halogens is 3. The number of aryl methyl sites for hydroxylation is 1. The Hall–Kier alpha value is -3.26. The first-order chi connectivity index (χ1) is 14.9. The lowest BCUT2D eigenvalue weighted by molar-refractivity contribution is -0.0507. The number of rotatable bonds is 5. The van der Waals surface area contributed by atoms with Gasteiger partial charge in [0.25, 0.3) is 5.91 Å². The zero-order valence-electron chi connectivity index (χ0n) is 16.3. The largest absolute Gasteiger partial charge is 0.434 e. The fourth-order valence-electron chi connectivity index (χ4n) is 3.22. The van der Waals surface area contributed by atoms with E-state index in [1.807, 2.05) is 19.1 Å². The van der Waals surface area contributed by atoms with Crippen molar-refractivity contribution in [1.82, 2.24) is 5.01 Å². The van der Waals surface area contributed by atoms with E-state index < -0.39 is 17.8 Å². The third-order valence-corrected chi connectivity index (χ3v) is 5.94. The second-order valence-electron chi connectivity index (χ2n) is 6.76. The maximum atomic E-state index is 13.4. The molecule has 4 nitrogen and oxygen atoms in total. The smallest absolute Gasteiger partial charge is 0.387 e. The minimum absolute atomic E-state index is 0.0341. The average Bonchev–Trinajstić information content (AvgIpc) is 3.19. The van der Waals surface area contributed by atoms with Crippen molar-refractivity contribution in [1.29, 1.82) is 0 Å². The number of thioether (sulfide) groups is 1. The summed E-state index contributed by atoms with van der Waals surface area (Å²) in [4.78, 5) is 13.4. The summed E-state index contributed by atoms with van der Waals surface area (Å²) in [5.41, 5.74) is 2.21. The van der Waals surface area contributed by atoms with Crippen LogP contribution in [0.2, 0.25) is 0 Å². The van der Waals surface area contributed by atoms with E-state index in [1.54, 1.807) is 42.5 Å². The standard InChI is InChI=1S/C23H17F3N2O2S/c1-14-6-2-3-7-17(14)21(29)28-22(18-8-4-5-9-19(18)30-23(25)26)31-20(27-28)15-10-12-16(24)13-11-15/h2-13,22-23H,1H3. The van der Waals surface area contributed by atoms with Crippen LogP contribution < -0.4 is 4.74 Å². The summed E-state index contributed by atoms with van der Waals surface area (Å²) in [5.74, 6) is -0.805. The number of carbonyl (C=O) groups is 1. The molecule has 3 aromatic carbocycles. The number of nitrogens with zero attached hydrogens (tertiary/aromatic N) is 2. The molecule has 1 atom stereocenters. The molecule has 0 spiro atoms. The molecule has 0 N–H and O–H groups in total. The van der Waals surface area contributed by atoms with Gasteiger partial charge in [0.05, 0.1) is 0 Å². The number of hydrogen-bond acceptors (Lipinski definition) is 4. The van der Waals surface area contributed by atoms with Crippen LogP contribution in [0, 0.1) is 12.7 Å². The highest BCUT2D eigenvalue weighted by atomic mass is 32.2. The van der Waals surface area contributed by atoms with Gasteiger partial charge in [-0.05, 0) is 48.9 Å². The summed E-state index contributed by atoms with van der Waals surface area (Å²) in [6, 6.07) is 19.1. The van der Waals surface area contributed by atoms with Gasteiger partial charge in [0, 0.05) is 16.7 Å². The molecule has 1 aliphatic heterocycles. The Labute approximate surface area is 181 Å². The molecular weight excluding hydrogens is 425 g/mol. The third kappa shape index (κ3) is 4.44. The van der Waals surface area contributed by atoms with Crippen molar-refractivity contribution >= 4 is 22.7 Å².